The molecule has 0 heterocycles. The minimum atomic E-state index is 0.757. The van der Waals surface area contributed by atoms with E-state index < -0.39 is 0 Å². The fourth-order valence-electron chi connectivity index (χ4n) is 3.59. The van der Waals surface area contributed by atoms with E-state index >= 15 is 0 Å². The minimum absolute atomic E-state index is 0.757. The van der Waals surface area contributed by atoms with Crippen LogP contribution in [0.25, 0.3) is 33.0 Å². The van der Waals surface area contributed by atoms with Crippen LogP contribution in [0.3, 0.4) is 0 Å². The predicted octanol–water partition coefficient (Wildman–Crippen LogP) is 7.15. The summed E-state index contributed by atoms with van der Waals surface area (Å²) in [5.41, 5.74) is 7.41. The summed E-state index contributed by atoms with van der Waals surface area (Å²) in [5, 5.41) is 3.33. The van der Waals surface area contributed by atoms with E-state index in [0.717, 1.165) is 5.02 Å². The maximum atomic E-state index is 6.07. The maximum Gasteiger partial charge on any atom is 0.0406 e. The van der Waals surface area contributed by atoms with Crippen LogP contribution < -0.4 is 0 Å². The first-order chi connectivity index (χ1) is 11.7. The molecule has 3 aromatic rings. The highest BCUT2D eigenvalue weighted by Crippen LogP contribution is 2.47. The number of rotatable bonds is 3. The predicted molar refractivity (Wildman–Crippen MR) is 106 cm³/mol. The van der Waals surface area contributed by atoms with Crippen molar-refractivity contribution in [3.8, 4) is 11.1 Å². The first-order valence-corrected chi connectivity index (χ1v) is 8.44. The monoisotopic (exact) mass is 328 g/mol. The molecule has 4 rings (SSSR count). The standard InChI is InChI=1S/C23H17Cl/c1-3-6-20-18(4-2)21-8-5-7-16-11-14-19(23(20)22(16)21)15-9-12-17(24)13-10-15/h3-14H,2H2,1H3/b6-3-. The number of halogens is 1. The number of benzene rings is 3. The van der Waals surface area contributed by atoms with E-state index in [9.17, 15) is 0 Å². The maximum absolute atomic E-state index is 6.07. The van der Waals surface area contributed by atoms with Crippen molar-refractivity contribution in [2.75, 3.05) is 0 Å². The quantitative estimate of drug-likeness (QED) is 0.479. The molecule has 0 nitrogen and oxygen atoms in total. The van der Waals surface area contributed by atoms with Gasteiger partial charge in [0, 0.05) is 5.02 Å². The second kappa shape index (κ2) is 5.81. The van der Waals surface area contributed by atoms with Crippen LogP contribution in [0, 0.1) is 0 Å². The average Bonchev–Trinajstić information content (AvgIpc) is 2.92. The highest BCUT2D eigenvalue weighted by molar-refractivity contribution is 6.30. The van der Waals surface area contributed by atoms with Crippen molar-refractivity contribution in [2.45, 2.75) is 6.92 Å². The molecule has 24 heavy (non-hydrogen) atoms. The smallest absolute Gasteiger partial charge is 0.0406 e. The summed E-state index contributed by atoms with van der Waals surface area (Å²) in [4.78, 5) is 0. The van der Waals surface area contributed by atoms with Gasteiger partial charge < -0.3 is 0 Å². The van der Waals surface area contributed by atoms with Gasteiger partial charge in [-0.1, -0.05) is 78.9 Å². The third kappa shape index (κ3) is 2.15. The van der Waals surface area contributed by atoms with E-state index in [0.29, 0.717) is 0 Å². The van der Waals surface area contributed by atoms with Crippen LogP contribution in [0.2, 0.25) is 5.02 Å². The highest BCUT2D eigenvalue weighted by Gasteiger charge is 2.24. The molecule has 3 aromatic carbocycles. The lowest BCUT2D eigenvalue weighted by Gasteiger charge is -2.11. The molecular weight excluding hydrogens is 312 g/mol. The first kappa shape index (κ1) is 15.0. The lowest BCUT2D eigenvalue weighted by atomic mass is 9.92. The van der Waals surface area contributed by atoms with E-state index in [-0.39, 0.29) is 0 Å². The molecule has 116 valence electrons. The fraction of sp³-hybridized carbons (Fsp3) is 0.0435. The second-order valence-electron chi connectivity index (χ2n) is 5.93. The third-order valence-corrected chi connectivity index (χ3v) is 4.84. The molecular formula is C23H17Cl. The van der Waals surface area contributed by atoms with E-state index in [1.807, 2.05) is 18.2 Å². The molecule has 0 unspecified atom stereocenters. The van der Waals surface area contributed by atoms with Crippen LogP contribution in [-0.4, -0.2) is 0 Å². The van der Waals surface area contributed by atoms with Crippen LogP contribution in [0.1, 0.15) is 18.1 Å². The molecule has 0 saturated heterocycles. The molecule has 0 saturated carbocycles. The molecule has 0 fully saturated rings. The SMILES string of the molecule is C=CC1=C(/C=C\C)c2c(-c3ccc(Cl)cc3)ccc3cccc1c23. The molecule has 1 aliphatic rings. The topological polar surface area (TPSA) is 0 Å². The van der Waals surface area contributed by atoms with E-state index in [2.05, 4.69) is 68.1 Å². The first-order valence-electron chi connectivity index (χ1n) is 8.06. The van der Waals surface area contributed by atoms with Crippen molar-refractivity contribution >= 4 is 33.5 Å². The molecule has 0 amide bonds. The Balaban J connectivity index is 2.12. The van der Waals surface area contributed by atoms with Crippen LogP contribution in [0.15, 0.2) is 79.4 Å². The molecule has 1 aliphatic carbocycles. The van der Waals surface area contributed by atoms with Gasteiger partial charge in [0.1, 0.15) is 0 Å². The van der Waals surface area contributed by atoms with Crippen molar-refractivity contribution in [3.05, 3.63) is 95.6 Å². The van der Waals surface area contributed by atoms with Crippen LogP contribution in [-0.2, 0) is 0 Å². The van der Waals surface area contributed by atoms with Crippen molar-refractivity contribution in [1.29, 1.82) is 0 Å². The summed E-state index contributed by atoms with van der Waals surface area (Å²) in [5.74, 6) is 0. The molecule has 0 N–H and O–H groups in total. The Morgan fingerprint density at radius 2 is 1.67 bits per heavy atom. The van der Waals surface area contributed by atoms with E-state index in [4.69, 9.17) is 11.6 Å². The lowest BCUT2D eigenvalue weighted by molar-refractivity contribution is 1.61. The Labute approximate surface area is 147 Å². The van der Waals surface area contributed by atoms with Gasteiger partial charge in [-0.05, 0) is 63.2 Å². The highest BCUT2D eigenvalue weighted by atomic mass is 35.5. The summed E-state index contributed by atoms with van der Waals surface area (Å²) in [6.07, 6.45) is 6.25. The zero-order valence-corrected chi connectivity index (χ0v) is 14.3. The molecule has 0 aliphatic heterocycles. The van der Waals surface area contributed by atoms with E-state index in [1.54, 1.807) is 0 Å². The Morgan fingerprint density at radius 3 is 2.38 bits per heavy atom. The molecule has 0 aromatic heterocycles. The molecule has 0 spiro atoms. The van der Waals surface area contributed by atoms with Gasteiger partial charge in [0.25, 0.3) is 0 Å². The average molecular weight is 329 g/mol. The molecule has 1 heteroatoms. The van der Waals surface area contributed by atoms with Gasteiger partial charge in [-0.3, -0.25) is 0 Å². The number of allylic oxidation sites excluding steroid dienone is 5. The van der Waals surface area contributed by atoms with Crippen molar-refractivity contribution < 1.29 is 0 Å². The zero-order valence-electron chi connectivity index (χ0n) is 13.5. The number of hydrogen-bond donors (Lipinski definition) is 0. The van der Waals surface area contributed by atoms with Gasteiger partial charge in [-0.15, -0.1) is 0 Å². The fourth-order valence-corrected chi connectivity index (χ4v) is 3.72. The Bertz CT molecular complexity index is 1020. The molecule has 0 radical (unpaired) electrons. The van der Waals surface area contributed by atoms with Gasteiger partial charge in [0.2, 0.25) is 0 Å². The van der Waals surface area contributed by atoms with Crippen LogP contribution in [0.4, 0.5) is 0 Å². The van der Waals surface area contributed by atoms with Gasteiger partial charge in [0.05, 0.1) is 0 Å². The summed E-state index contributed by atoms with van der Waals surface area (Å²) >= 11 is 6.07. The van der Waals surface area contributed by atoms with Crippen LogP contribution in [0.5, 0.6) is 0 Å². The van der Waals surface area contributed by atoms with Crippen LogP contribution >= 0.6 is 11.6 Å². The second-order valence-corrected chi connectivity index (χ2v) is 6.37. The minimum Gasteiger partial charge on any atom is -0.0984 e. The summed E-state index contributed by atoms with van der Waals surface area (Å²) in [6.45, 7) is 6.10. The largest absolute Gasteiger partial charge is 0.0984 e. The molecule has 0 bridgehead atoms. The summed E-state index contributed by atoms with van der Waals surface area (Å²) in [6, 6.07) is 18.9. The molecule has 0 atom stereocenters. The van der Waals surface area contributed by atoms with Crippen molar-refractivity contribution in [2.24, 2.45) is 0 Å². The van der Waals surface area contributed by atoms with Gasteiger partial charge in [0.15, 0.2) is 0 Å². The summed E-state index contributed by atoms with van der Waals surface area (Å²) < 4.78 is 0. The number of hydrogen-bond acceptors (Lipinski definition) is 0. The Kier molecular flexibility index (Phi) is 3.63. The normalized spacial score (nSPS) is 13.2. The van der Waals surface area contributed by atoms with Gasteiger partial charge in [-0.2, -0.15) is 0 Å². The van der Waals surface area contributed by atoms with Gasteiger partial charge in [-0.25, -0.2) is 0 Å². The zero-order chi connectivity index (χ0) is 16.7. The Hall–Kier alpha value is -2.57. The van der Waals surface area contributed by atoms with Gasteiger partial charge >= 0.3 is 0 Å². The van der Waals surface area contributed by atoms with Crippen molar-refractivity contribution in [3.63, 3.8) is 0 Å². The third-order valence-electron chi connectivity index (χ3n) is 4.59. The van der Waals surface area contributed by atoms with Crippen molar-refractivity contribution in [1.82, 2.24) is 0 Å². The Morgan fingerprint density at radius 1 is 0.875 bits per heavy atom. The lowest BCUT2D eigenvalue weighted by Crippen LogP contribution is -1.88. The summed E-state index contributed by atoms with van der Waals surface area (Å²) in [7, 11) is 0. The van der Waals surface area contributed by atoms with E-state index in [1.165, 1.54) is 44.2 Å².